The van der Waals surface area contributed by atoms with E-state index in [1.165, 1.54) is 0 Å². The van der Waals surface area contributed by atoms with Crippen LogP contribution in [0.3, 0.4) is 0 Å². The fourth-order valence-electron chi connectivity index (χ4n) is 1.53. The molecule has 0 aliphatic heterocycles. The van der Waals surface area contributed by atoms with Crippen molar-refractivity contribution in [1.82, 2.24) is 0 Å². The maximum atomic E-state index is 10.2. The number of aliphatic hydroxyl groups is 1. The maximum absolute atomic E-state index is 10.2. The Morgan fingerprint density at radius 3 is 2.14 bits per heavy atom. The molecule has 0 aliphatic rings. The Balaban J connectivity index is 0. The molecule has 0 heterocycles. The zero-order valence-corrected chi connectivity index (χ0v) is 13.2. The molecule has 0 saturated carbocycles. The first-order valence-corrected chi connectivity index (χ1v) is 5.23. The Bertz CT molecular complexity index is 180. The van der Waals surface area contributed by atoms with Crippen LogP contribution in [-0.4, -0.2) is 22.5 Å². The van der Waals surface area contributed by atoms with Gasteiger partial charge in [-0.3, -0.25) is 4.99 Å². The standard InChI is InChI=1S/C11H23NO.Ce/c1-6-8-11(13,7-2)10(5)12-9(3)4;/h9,13H,6-8H2,1-5H3;. The van der Waals surface area contributed by atoms with Gasteiger partial charge in [0, 0.05) is 53.5 Å². The van der Waals surface area contributed by atoms with Crippen LogP contribution in [0.2, 0.25) is 0 Å². The van der Waals surface area contributed by atoms with Gasteiger partial charge in [-0.15, -0.1) is 0 Å². The minimum absolute atomic E-state index is 0. The predicted molar refractivity (Wildman–Crippen MR) is 58.4 cm³/mol. The molecule has 0 aromatic heterocycles. The zero-order valence-electron chi connectivity index (χ0n) is 10.1. The van der Waals surface area contributed by atoms with Gasteiger partial charge in [-0.2, -0.15) is 0 Å². The van der Waals surface area contributed by atoms with Crippen molar-refractivity contribution in [2.24, 2.45) is 4.99 Å². The van der Waals surface area contributed by atoms with E-state index in [1.807, 2.05) is 27.7 Å². The number of nitrogens with zero attached hydrogens (tertiary/aromatic N) is 1. The molecular weight excluding hydrogens is 302 g/mol. The normalized spacial score (nSPS) is 16.4. The van der Waals surface area contributed by atoms with Gasteiger partial charge >= 0.3 is 0 Å². The molecule has 82 valence electrons. The molecule has 2 nitrogen and oxygen atoms in total. The van der Waals surface area contributed by atoms with Crippen molar-refractivity contribution in [3.8, 4) is 0 Å². The van der Waals surface area contributed by atoms with Crippen molar-refractivity contribution in [1.29, 1.82) is 0 Å². The quantitative estimate of drug-likeness (QED) is 0.775. The molecule has 1 atom stereocenters. The van der Waals surface area contributed by atoms with E-state index < -0.39 is 5.60 Å². The molecule has 0 aliphatic carbocycles. The van der Waals surface area contributed by atoms with Crippen LogP contribution >= 0.6 is 0 Å². The predicted octanol–water partition coefficient (Wildman–Crippen LogP) is 2.80. The van der Waals surface area contributed by atoms with E-state index in [-0.39, 0.29) is 47.8 Å². The molecule has 0 fully saturated rings. The van der Waals surface area contributed by atoms with Gasteiger partial charge in [0.1, 0.15) is 5.60 Å². The van der Waals surface area contributed by atoms with Crippen molar-refractivity contribution in [2.75, 3.05) is 0 Å². The Labute approximate surface area is 122 Å². The smallest absolute Gasteiger partial charge is 0.102 e. The molecule has 0 aromatic carbocycles. The summed E-state index contributed by atoms with van der Waals surface area (Å²) in [7, 11) is 0. The van der Waals surface area contributed by atoms with E-state index in [0.717, 1.165) is 25.0 Å². The van der Waals surface area contributed by atoms with E-state index in [0.29, 0.717) is 0 Å². The topological polar surface area (TPSA) is 32.6 Å². The van der Waals surface area contributed by atoms with Crippen LogP contribution in [0.4, 0.5) is 0 Å². The molecule has 0 rings (SSSR count). The Hall–Kier alpha value is 1.01. The number of aliphatic imine (C=N–C) groups is 1. The third-order valence-corrected chi connectivity index (χ3v) is 2.37. The van der Waals surface area contributed by atoms with Gasteiger partial charge in [-0.25, -0.2) is 0 Å². The summed E-state index contributed by atoms with van der Waals surface area (Å²) in [5.41, 5.74) is 0.214. The second-order valence-corrected chi connectivity index (χ2v) is 3.94. The van der Waals surface area contributed by atoms with Gasteiger partial charge < -0.3 is 5.11 Å². The van der Waals surface area contributed by atoms with E-state index in [2.05, 4.69) is 11.9 Å². The van der Waals surface area contributed by atoms with Crippen LogP contribution in [0, 0.1) is 41.7 Å². The minimum Gasteiger partial charge on any atom is -0.384 e. The van der Waals surface area contributed by atoms with Crippen LogP contribution in [-0.2, 0) is 0 Å². The summed E-state index contributed by atoms with van der Waals surface area (Å²) in [5, 5.41) is 10.2. The van der Waals surface area contributed by atoms with E-state index >= 15 is 0 Å². The van der Waals surface area contributed by atoms with Crippen molar-refractivity contribution in [2.45, 2.75) is 65.5 Å². The van der Waals surface area contributed by atoms with Crippen LogP contribution in [0.15, 0.2) is 4.99 Å². The minimum atomic E-state index is -0.668. The first kappa shape index (κ1) is 17.4. The van der Waals surface area contributed by atoms with Gasteiger partial charge in [0.05, 0.1) is 0 Å². The van der Waals surface area contributed by atoms with Crippen molar-refractivity contribution in [3.63, 3.8) is 0 Å². The monoisotopic (exact) mass is 325 g/mol. The summed E-state index contributed by atoms with van der Waals surface area (Å²) < 4.78 is 0. The second-order valence-electron chi connectivity index (χ2n) is 3.94. The van der Waals surface area contributed by atoms with Crippen LogP contribution < -0.4 is 0 Å². The van der Waals surface area contributed by atoms with Gasteiger partial charge in [-0.1, -0.05) is 20.3 Å². The third-order valence-electron chi connectivity index (χ3n) is 2.37. The van der Waals surface area contributed by atoms with Crippen LogP contribution in [0.25, 0.3) is 0 Å². The molecule has 14 heavy (non-hydrogen) atoms. The van der Waals surface area contributed by atoms with Gasteiger partial charge in [0.2, 0.25) is 0 Å². The van der Waals surface area contributed by atoms with Gasteiger partial charge in [0.25, 0.3) is 0 Å². The number of hydrogen-bond acceptors (Lipinski definition) is 2. The molecule has 0 spiro atoms. The average Bonchev–Trinajstić information content (AvgIpc) is 2.03. The molecule has 0 bridgehead atoms. The Morgan fingerprint density at radius 2 is 1.86 bits per heavy atom. The van der Waals surface area contributed by atoms with Gasteiger partial charge in [0.15, 0.2) is 0 Å². The Morgan fingerprint density at radius 1 is 1.36 bits per heavy atom. The fourth-order valence-corrected chi connectivity index (χ4v) is 1.53. The largest absolute Gasteiger partial charge is 0.384 e. The molecule has 0 aromatic rings. The van der Waals surface area contributed by atoms with Crippen molar-refractivity contribution < 1.29 is 46.9 Å². The molecular formula is C11H23CeNO. The molecule has 0 radical (unpaired) electrons. The first-order valence-electron chi connectivity index (χ1n) is 5.23. The molecule has 3 heteroatoms. The summed E-state index contributed by atoms with van der Waals surface area (Å²) in [6, 6.07) is 0.273. The Kier molecular flexibility index (Phi) is 10.2. The van der Waals surface area contributed by atoms with Crippen LogP contribution in [0.1, 0.15) is 53.9 Å². The SMILES string of the molecule is CCCC(O)(CC)C(C)=NC(C)C.[Ce]. The number of hydrogen-bond donors (Lipinski definition) is 1. The second kappa shape index (κ2) is 8.19. The zero-order chi connectivity index (χ0) is 10.5. The summed E-state index contributed by atoms with van der Waals surface area (Å²) in [4.78, 5) is 4.41. The number of rotatable bonds is 5. The third kappa shape index (κ3) is 5.78. The summed E-state index contributed by atoms with van der Waals surface area (Å²) in [6.45, 7) is 10.1. The molecule has 0 amide bonds. The van der Waals surface area contributed by atoms with E-state index in [9.17, 15) is 5.11 Å². The van der Waals surface area contributed by atoms with Crippen molar-refractivity contribution in [3.05, 3.63) is 0 Å². The maximum Gasteiger partial charge on any atom is 0.102 e. The van der Waals surface area contributed by atoms with E-state index in [1.54, 1.807) is 0 Å². The fraction of sp³-hybridized carbons (Fsp3) is 0.909. The molecule has 1 unspecified atom stereocenters. The molecule has 1 N–H and O–H groups in total. The van der Waals surface area contributed by atoms with Gasteiger partial charge in [-0.05, 0) is 33.6 Å². The summed E-state index contributed by atoms with van der Waals surface area (Å²) >= 11 is 0. The summed E-state index contributed by atoms with van der Waals surface area (Å²) in [5.74, 6) is 0. The van der Waals surface area contributed by atoms with Crippen molar-refractivity contribution >= 4 is 5.71 Å². The van der Waals surface area contributed by atoms with E-state index in [4.69, 9.17) is 0 Å². The molecule has 0 saturated heterocycles. The summed E-state index contributed by atoms with van der Waals surface area (Å²) in [6.07, 6.45) is 2.56. The first-order chi connectivity index (χ1) is 5.96. The average molecular weight is 325 g/mol. The van der Waals surface area contributed by atoms with Crippen LogP contribution in [0.5, 0.6) is 0 Å².